The topological polar surface area (TPSA) is 24.5 Å². The Morgan fingerprint density at radius 3 is 2.20 bits per heavy atom. The predicted octanol–water partition coefficient (Wildman–Crippen LogP) is 3.54. The minimum absolute atomic E-state index is 0.593. The van der Waals surface area contributed by atoms with Gasteiger partial charge in [-0.15, -0.1) is 0 Å². The molecule has 1 N–H and O–H groups in total. The quantitative estimate of drug-likeness (QED) is 0.694. The van der Waals surface area contributed by atoms with Crippen LogP contribution >= 0.6 is 15.9 Å². The van der Waals surface area contributed by atoms with E-state index in [2.05, 4.69) is 53.8 Å². The third-order valence-electron chi connectivity index (χ3n) is 3.23. The van der Waals surface area contributed by atoms with Gasteiger partial charge in [-0.05, 0) is 52.0 Å². The summed E-state index contributed by atoms with van der Waals surface area (Å²) in [5.41, 5.74) is 0. The molecule has 20 heavy (non-hydrogen) atoms. The van der Waals surface area contributed by atoms with E-state index in [0.717, 1.165) is 29.9 Å². The van der Waals surface area contributed by atoms with Crippen molar-refractivity contribution >= 4 is 15.9 Å². The normalized spacial score (nSPS) is 11.6. The number of ether oxygens (including phenoxy) is 1. The van der Waals surface area contributed by atoms with E-state index in [9.17, 15) is 0 Å². The van der Waals surface area contributed by atoms with Crippen molar-refractivity contribution in [3.05, 3.63) is 28.7 Å². The molecule has 0 radical (unpaired) electrons. The zero-order valence-electron chi connectivity index (χ0n) is 13.0. The van der Waals surface area contributed by atoms with Gasteiger partial charge in [0.25, 0.3) is 0 Å². The minimum Gasteiger partial charge on any atom is -0.492 e. The van der Waals surface area contributed by atoms with Crippen molar-refractivity contribution < 1.29 is 4.74 Å². The first-order valence-electron chi connectivity index (χ1n) is 7.35. The molecule has 1 aromatic carbocycles. The number of nitrogens with zero attached hydrogens (tertiary/aromatic N) is 1. The number of halogens is 1. The fourth-order valence-electron chi connectivity index (χ4n) is 2.22. The third-order valence-corrected chi connectivity index (χ3v) is 3.76. The fourth-order valence-corrected chi connectivity index (χ4v) is 2.48. The van der Waals surface area contributed by atoms with E-state index >= 15 is 0 Å². The Labute approximate surface area is 131 Å². The van der Waals surface area contributed by atoms with Crippen LogP contribution in [0.2, 0.25) is 0 Å². The Morgan fingerprint density at radius 1 is 1.05 bits per heavy atom. The number of benzene rings is 1. The second-order valence-corrected chi connectivity index (χ2v) is 6.39. The summed E-state index contributed by atoms with van der Waals surface area (Å²) in [6.07, 6.45) is 0. The van der Waals surface area contributed by atoms with E-state index in [-0.39, 0.29) is 0 Å². The summed E-state index contributed by atoms with van der Waals surface area (Å²) in [5.74, 6) is 0.918. The molecule has 3 nitrogen and oxygen atoms in total. The van der Waals surface area contributed by atoms with Gasteiger partial charge in [0.05, 0.1) is 0 Å². The summed E-state index contributed by atoms with van der Waals surface area (Å²) < 4.78 is 6.74. The van der Waals surface area contributed by atoms with E-state index in [1.165, 1.54) is 0 Å². The van der Waals surface area contributed by atoms with Crippen molar-refractivity contribution in [1.82, 2.24) is 10.2 Å². The highest BCUT2D eigenvalue weighted by atomic mass is 79.9. The molecule has 0 unspecified atom stereocenters. The number of nitrogens with one attached hydrogen (secondary N) is 1. The molecule has 0 aliphatic rings. The molecular formula is C16H27BrN2O. The second-order valence-electron chi connectivity index (χ2n) is 5.48. The molecule has 1 aromatic rings. The van der Waals surface area contributed by atoms with Crippen molar-refractivity contribution in [2.75, 3.05) is 26.2 Å². The van der Waals surface area contributed by atoms with E-state index in [0.29, 0.717) is 18.7 Å². The van der Waals surface area contributed by atoms with Gasteiger partial charge in [-0.3, -0.25) is 4.90 Å². The molecule has 0 saturated carbocycles. The zero-order valence-corrected chi connectivity index (χ0v) is 14.6. The molecular weight excluding hydrogens is 316 g/mol. The average molecular weight is 343 g/mol. The largest absolute Gasteiger partial charge is 0.492 e. The first kappa shape index (κ1) is 17.5. The summed E-state index contributed by atoms with van der Waals surface area (Å²) in [5, 5.41) is 3.43. The highest BCUT2D eigenvalue weighted by Crippen LogP contribution is 2.15. The van der Waals surface area contributed by atoms with Gasteiger partial charge in [0, 0.05) is 36.2 Å². The summed E-state index contributed by atoms with van der Waals surface area (Å²) in [6.45, 7) is 12.6. The fraction of sp³-hybridized carbons (Fsp3) is 0.625. The minimum atomic E-state index is 0.593. The molecule has 0 spiro atoms. The Morgan fingerprint density at radius 2 is 1.65 bits per heavy atom. The maximum atomic E-state index is 5.67. The van der Waals surface area contributed by atoms with Gasteiger partial charge in [-0.25, -0.2) is 0 Å². The highest BCUT2D eigenvalue weighted by molar-refractivity contribution is 9.10. The van der Waals surface area contributed by atoms with Crippen molar-refractivity contribution in [2.45, 2.75) is 39.8 Å². The van der Waals surface area contributed by atoms with E-state index in [1.54, 1.807) is 0 Å². The first-order chi connectivity index (χ1) is 9.50. The van der Waals surface area contributed by atoms with Crippen LogP contribution in [0.3, 0.4) is 0 Å². The monoisotopic (exact) mass is 342 g/mol. The van der Waals surface area contributed by atoms with Gasteiger partial charge >= 0.3 is 0 Å². The molecule has 0 bridgehead atoms. The summed E-state index contributed by atoms with van der Waals surface area (Å²) in [4.78, 5) is 2.49. The number of hydrogen-bond donors (Lipinski definition) is 1. The van der Waals surface area contributed by atoms with Crippen LogP contribution in [0.15, 0.2) is 28.7 Å². The summed E-state index contributed by atoms with van der Waals surface area (Å²) in [6, 6.07) is 9.12. The maximum Gasteiger partial charge on any atom is 0.119 e. The van der Waals surface area contributed by atoms with Gasteiger partial charge in [0.1, 0.15) is 12.4 Å². The smallest absolute Gasteiger partial charge is 0.119 e. The molecule has 0 amide bonds. The molecule has 0 aromatic heterocycles. The van der Waals surface area contributed by atoms with Crippen molar-refractivity contribution in [3.8, 4) is 5.75 Å². The lowest BCUT2D eigenvalue weighted by molar-refractivity contribution is 0.175. The molecule has 0 saturated heterocycles. The van der Waals surface area contributed by atoms with Crippen LogP contribution in [0, 0.1) is 0 Å². The van der Waals surface area contributed by atoms with Gasteiger partial charge < -0.3 is 10.1 Å². The van der Waals surface area contributed by atoms with Crippen LogP contribution in [0.1, 0.15) is 27.7 Å². The van der Waals surface area contributed by atoms with E-state index in [4.69, 9.17) is 4.74 Å². The van der Waals surface area contributed by atoms with Crippen molar-refractivity contribution in [2.24, 2.45) is 0 Å². The lowest BCUT2D eigenvalue weighted by Gasteiger charge is -2.30. The van der Waals surface area contributed by atoms with Gasteiger partial charge in [-0.2, -0.15) is 0 Å². The van der Waals surface area contributed by atoms with Crippen LogP contribution in [-0.2, 0) is 0 Å². The zero-order chi connectivity index (χ0) is 15.0. The molecule has 4 heteroatoms. The Balaban J connectivity index is 2.11. The van der Waals surface area contributed by atoms with Crippen molar-refractivity contribution in [1.29, 1.82) is 0 Å². The average Bonchev–Trinajstić information content (AvgIpc) is 2.39. The van der Waals surface area contributed by atoms with Gasteiger partial charge in [0.15, 0.2) is 0 Å². The van der Waals surface area contributed by atoms with Crippen LogP contribution in [0.25, 0.3) is 0 Å². The number of hydrogen-bond acceptors (Lipinski definition) is 3. The molecule has 0 aliphatic carbocycles. The van der Waals surface area contributed by atoms with Crippen molar-refractivity contribution in [3.63, 3.8) is 0 Å². The van der Waals surface area contributed by atoms with E-state index < -0.39 is 0 Å². The van der Waals surface area contributed by atoms with Crippen LogP contribution in [-0.4, -0.2) is 43.2 Å². The Kier molecular flexibility index (Phi) is 8.19. The van der Waals surface area contributed by atoms with Crippen LogP contribution < -0.4 is 10.1 Å². The second kappa shape index (κ2) is 9.37. The predicted molar refractivity (Wildman–Crippen MR) is 89.5 cm³/mol. The Bertz CT molecular complexity index is 357. The standard InChI is InChI=1S/C16H27BrN2O/c1-13(2)19(14(3)4)11-9-18-10-12-20-16-7-5-15(17)6-8-16/h5-8,13-14,18H,9-12H2,1-4H3. The molecule has 0 aliphatic heterocycles. The molecule has 0 heterocycles. The molecule has 114 valence electrons. The maximum absolute atomic E-state index is 5.67. The Hall–Kier alpha value is -0.580. The lowest BCUT2D eigenvalue weighted by Crippen LogP contribution is -2.41. The SMILES string of the molecule is CC(C)N(CCNCCOc1ccc(Br)cc1)C(C)C. The van der Waals surface area contributed by atoms with Crippen LogP contribution in [0.4, 0.5) is 0 Å². The molecule has 0 atom stereocenters. The first-order valence-corrected chi connectivity index (χ1v) is 8.15. The summed E-state index contributed by atoms with van der Waals surface area (Å²) >= 11 is 3.41. The van der Waals surface area contributed by atoms with E-state index in [1.807, 2.05) is 24.3 Å². The molecule has 0 fully saturated rings. The number of rotatable bonds is 9. The van der Waals surface area contributed by atoms with Gasteiger partial charge in [-0.1, -0.05) is 15.9 Å². The van der Waals surface area contributed by atoms with Gasteiger partial charge in [0.2, 0.25) is 0 Å². The lowest BCUT2D eigenvalue weighted by atomic mass is 10.2. The summed E-state index contributed by atoms with van der Waals surface area (Å²) in [7, 11) is 0. The molecule has 1 rings (SSSR count). The third kappa shape index (κ3) is 6.73. The van der Waals surface area contributed by atoms with Crippen LogP contribution in [0.5, 0.6) is 5.75 Å². The highest BCUT2D eigenvalue weighted by Gasteiger charge is 2.11.